The number of ether oxygens (including phenoxy) is 4. The topological polar surface area (TPSA) is 149 Å². The van der Waals surface area contributed by atoms with Gasteiger partial charge >= 0.3 is 23.9 Å². The van der Waals surface area contributed by atoms with Gasteiger partial charge in [-0.25, -0.2) is 0 Å². The summed E-state index contributed by atoms with van der Waals surface area (Å²) in [6, 6.07) is 1.82. The third-order valence-electron chi connectivity index (χ3n) is 3.79. The summed E-state index contributed by atoms with van der Waals surface area (Å²) in [4.78, 5) is 45.9. The lowest BCUT2D eigenvalue weighted by atomic mass is 9.64. The lowest BCUT2D eigenvalue weighted by Gasteiger charge is -2.58. The molecule has 1 aliphatic carbocycles. The fourth-order valence-corrected chi connectivity index (χ4v) is 3.78. The predicted molar refractivity (Wildman–Crippen MR) is 89.8 cm³/mol. The molecule has 1 saturated carbocycles. The van der Waals surface area contributed by atoms with Crippen molar-refractivity contribution in [3.8, 4) is 6.07 Å². The molecule has 0 heterocycles. The molecular weight excluding hydrogens is 382 g/mol. The highest BCUT2D eigenvalue weighted by molar-refractivity contribution is 8.00. The van der Waals surface area contributed by atoms with Crippen LogP contribution in [0.4, 0.5) is 0 Å². The highest BCUT2D eigenvalue weighted by Gasteiger charge is 2.73. The maximum absolute atomic E-state index is 11.7. The van der Waals surface area contributed by atoms with Crippen LogP contribution in [0, 0.1) is 17.2 Å². The third-order valence-corrected chi connectivity index (χ3v) is 4.77. The normalized spacial score (nSPS) is 27.3. The molecule has 0 bridgehead atoms. The summed E-state index contributed by atoms with van der Waals surface area (Å²) in [5.74, 6) is -4.10. The van der Waals surface area contributed by atoms with Crippen LogP contribution in [0.25, 0.3) is 0 Å². The van der Waals surface area contributed by atoms with Gasteiger partial charge in [0.05, 0.1) is 17.7 Å². The van der Waals surface area contributed by atoms with E-state index in [9.17, 15) is 24.3 Å². The summed E-state index contributed by atoms with van der Waals surface area (Å²) in [6.07, 6.45) is -2.47. The van der Waals surface area contributed by atoms with E-state index in [2.05, 4.69) is 0 Å². The fraction of sp³-hybridized carbons (Fsp3) is 0.688. The number of aliphatic hydroxyl groups is 1. The average molecular weight is 403 g/mol. The Morgan fingerprint density at radius 2 is 1.67 bits per heavy atom. The van der Waals surface area contributed by atoms with E-state index in [1.165, 1.54) is 0 Å². The second-order valence-corrected chi connectivity index (χ2v) is 6.85. The van der Waals surface area contributed by atoms with Crippen molar-refractivity contribution in [3.05, 3.63) is 0 Å². The first-order chi connectivity index (χ1) is 12.6. The number of rotatable bonds is 8. The average Bonchev–Trinajstić information content (AvgIpc) is 2.54. The molecule has 1 rings (SSSR count). The number of carbonyl (C=O) groups excluding carboxylic acids is 4. The molecule has 11 heteroatoms. The number of hydrogen-bond acceptors (Lipinski definition) is 11. The molecule has 1 N–H and O–H groups in total. The largest absolute Gasteiger partial charge is 0.465 e. The number of carbonyl (C=O) groups is 4. The minimum Gasteiger partial charge on any atom is -0.465 e. The van der Waals surface area contributed by atoms with E-state index < -0.39 is 53.0 Å². The predicted octanol–water partition coefficient (Wildman–Crippen LogP) is -0.0802. The molecule has 10 nitrogen and oxygen atoms in total. The summed E-state index contributed by atoms with van der Waals surface area (Å²) < 4.78 is 20.6. The molecule has 0 radical (unpaired) electrons. The smallest absolute Gasteiger partial charge is 0.303 e. The van der Waals surface area contributed by atoms with Gasteiger partial charge in [-0.05, 0) is 0 Å². The zero-order valence-electron chi connectivity index (χ0n) is 15.3. The van der Waals surface area contributed by atoms with Crippen LogP contribution in [-0.2, 0) is 38.1 Å². The Bertz CT molecular complexity index is 646. The molecule has 0 aromatic carbocycles. The van der Waals surface area contributed by atoms with E-state index in [4.69, 9.17) is 24.2 Å². The summed E-state index contributed by atoms with van der Waals surface area (Å²) >= 11 is 0.736. The van der Waals surface area contributed by atoms with Crippen molar-refractivity contribution < 1.29 is 43.2 Å². The molecule has 150 valence electrons. The van der Waals surface area contributed by atoms with E-state index in [0.29, 0.717) is 0 Å². The quantitative estimate of drug-likeness (QED) is 0.329. The summed E-state index contributed by atoms with van der Waals surface area (Å²) in [6.45, 7) is 4.08. The first-order valence-corrected chi connectivity index (χ1v) is 8.95. The Labute approximate surface area is 160 Å². The Kier molecular flexibility index (Phi) is 8.05. The van der Waals surface area contributed by atoms with Gasteiger partial charge in [0, 0.05) is 27.7 Å². The maximum atomic E-state index is 11.7. The molecule has 0 aromatic rings. The Morgan fingerprint density at radius 1 is 1.07 bits per heavy atom. The maximum Gasteiger partial charge on any atom is 0.303 e. The number of nitrogens with zero attached hydrogens (tertiary/aromatic N) is 1. The number of esters is 4. The number of thioether (sulfide) groups is 1. The summed E-state index contributed by atoms with van der Waals surface area (Å²) in [5.41, 5.74) is -3.38. The second kappa shape index (κ2) is 9.57. The molecule has 1 aliphatic rings. The van der Waals surface area contributed by atoms with Gasteiger partial charge in [0.15, 0.2) is 17.8 Å². The van der Waals surface area contributed by atoms with Crippen LogP contribution in [0.2, 0.25) is 0 Å². The molecule has 0 saturated heterocycles. The molecule has 5 atom stereocenters. The van der Waals surface area contributed by atoms with Crippen molar-refractivity contribution in [2.45, 2.75) is 50.9 Å². The van der Waals surface area contributed by atoms with Gasteiger partial charge in [-0.2, -0.15) is 5.26 Å². The molecule has 0 spiro atoms. The van der Waals surface area contributed by atoms with Gasteiger partial charge < -0.3 is 24.1 Å². The molecule has 0 amide bonds. The van der Waals surface area contributed by atoms with E-state index in [1.54, 1.807) is 0 Å². The summed E-state index contributed by atoms with van der Waals surface area (Å²) in [7, 11) is 0. The van der Waals surface area contributed by atoms with Crippen LogP contribution in [0.1, 0.15) is 27.7 Å². The fourth-order valence-electron chi connectivity index (χ4n) is 2.93. The first kappa shape index (κ1) is 22.7. The molecule has 0 aliphatic heterocycles. The van der Waals surface area contributed by atoms with Crippen molar-refractivity contribution in [2.24, 2.45) is 5.92 Å². The number of hydrogen-bond donors (Lipinski definition) is 1. The van der Waals surface area contributed by atoms with E-state index >= 15 is 0 Å². The van der Waals surface area contributed by atoms with Crippen LogP contribution < -0.4 is 0 Å². The van der Waals surface area contributed by atoms with Crippen molar-refractivity contribution in [1.82, 2.24) is 0 Å². The minimum absolute atomic E-state index is 0.157. The van der Waals surface area contributed by atoms with Gasteiger partial charge in [0.1, 0.15) is 12.0 Å². The Morgan fingerprint density at radius 3 is 2.11 bits per heavy atom. The standard InChI is InChI=1S/C16H21NO9S/c1-8(18)23-7-12-13(24-9(2)19)14(25-10(3)20)16(12,26-11(4)21)15(22)27-6-5-17/h12-15,22H,6-7H2,1-4H3. The van der Waals surface area contributed by atoms with E-state index in [0.717, 1.165) is 39.5 Å². The monoisotopic (exact) mass is 403 g/mol. The molecule has 1 fully saturated rings. The Balaban J connectivity index is 3.37. The highest BCUT2D eigenvalue weighted by atomic mass is 32.2. The SMILES string of the molecule is CC(=O)OCC1C(OC(C)=O)C(OC(C)=O)C1(OC(C)=O)C(O)SCC#N. The molecule has 27 heavy (non-hydrogen) atoms. The van der Waals surface area contributed by atoms with Crippen molar-refractivity contribution in [3.63, 3.8) is 0 Å². The highest BCUT2D eigenvalue weighted by Crippen LogP contribution is 2.51. The second-order valence-electron chi connectivity index (χ2n) is 5.78. The molecule has 5 unspecified atom stereocenters. The van der Waals surface area contributed by atoms with E-state index in [-0.39, 0.29) is 12.4 Å². The zero-order chi connectivity index (χ0) is 20.8. The van der Waals surface area contributed by atoms with E-state index in [1.807, 2.05) is 6.07 Å². The molecular formula is C16H21NO9S. The first-order valence-electron chi connectivity index (χ1n) is 7.90. The van der Waals surface area contributed by atoms with Crippen LogP contribution in [-0.4, -0.2) is 64.6 Å². The lowest BCUT2D eigenvalue weighted by Crippen LogP contribution is -2.78. The zero-order valence-corrected chi connectivity index (χ0v) is 16.1. The van der Waals surface area contributed by atoms with Gasteiger partial charge in [0.25, 0.3) is 0 Å². The van der Waals surface area contributed by atoms with Crippen molar-refractivity contribution >= 4 is 35.6 Å². The van der Waals surface area contributed by atoms with Crippen LogP contribution in [0.15, 0.2) is 0 Å². The minimum atomic E-state index is -1.87. The van der Waals surface area contributed by atoms with Crippen molar-refractivity contribution in [2.75, 3.05) is 12.4 Å². The number of nitriles is 1. The van der Waals surface area contributed by atoms with Gasteiger partial charge in [-0.15, -0.1) is 11.8 Å². The van der Waals surface area contributed by atoms with Crippen LogP contribution in [0.5, 0.6) is 0 Å². The number of aliphatic hydroxyl groups excluding tert-OH is 1. The van der Waals surface area contributed by atoms with Crippen LogP contribution in [0.3, 0.4) is 0 Å². The van der Waals surface area contributed by atoms with Gasteiger partial charge in [-0.1, -0.05) is 0 Å². The van der Waals surface area contributed by atoms with Gasteiger partial charge in [-0.3, -0.25) is 19.2 Å². The van der Waals surface area contributed by atoms with Gasteiger partial charge in [0.2, 0.25) is 0 Å². The summed E-state index contributed by atoms with van der Waals surface area (Å²) in [5, 5.41) is 19.4. The van der Waals surface area contributed by atoms with Crippen LogP contribution >= 0.6 is 11.8 Å². The third kappa shape index (κ3) is 5.33. The molecule has 0 aromatic heterocycles. The Hall–Kier alpha value is -2.32. The van der Waals surface area contributed by atoms with Crippen molar-refractivity contribution in [1.29, 1.82) is 5.26 Å². The lowest BCUT2D eigenvalue weighted by molar-refractivity contribution is -0.301.